The minimum atomic E-state index is -1.04. The highest BCUT2D eigenvalue weighted by molar-refractivity contribution is 5.91. The van der Waals surface area contributed by atoms with Crippen molar-refractivity contribution >= 4 is 99.9 Å². The topological polar surface area (TPSA) is 403 Å². The Morgan fingerprint density at radius 3 is 1.39 bits per heavy atom. The summed E-state index contributed by atoms with van der Waals surface area (Å²) in [4.78, 5) is 169. The minimum Gasteiger partial charge on any atom is -0.488 e. The van der Waals surface area contributed by atoms with Gasteiger partial charge in [-0.25, -0.2) is 9.78 Å². The van der Waals surface area contributed by atoms with Crippen molar-refractivity contribution in [2.24, 2.45) is 0 Å². The number of piperazine rings is 1. The zero-order valence-corrected chi connectivity index (χ0v) is 49.1. The first-order chi connectivity index (χ1) is 42.4. The third kappa shape index (κ3) is 24.8. The molecular formula is C55H63N5O29. The molecule has 1 fully saturated rings. The molecule has 0 bridgehead atoms. The lowest BCUT2D eigenvalue weighted by Crippen LogP contribution is -2.50. The largest absolute Gasteiger partial charge is 0.488 e. The van der Waals surface area contributed by atoms with Crippen LogP contribution >= 0.6 is 0 Å². The normalized spacial score (nSPS) is 11.8. The Hall–Kier alpha value is -10.5. The Bertz CT molecular complexity index is 3130. The molecule has 0 radical (unpaired) electrons. The van der Waals surface area contributed by atoms with Crippen molar-refractivity contribution in [3.63, 3.8) is 0 Å². The first kappa shape index (κ1) is 69.2. The Labute approximate surface area is 505 Å². The third-order valence-electron chi connectivity index (χ3n) is 11.7. The zero-order valence-electron chi connectivity index (χ0n) is 49.1. The molecule has 4 aromatic rings. The van der Waals surface area contributed by atoms with Gasteiger partial charge in [-0.1, -0.05) is 6.07 Å². The number of ether oxygens (including phenoxy) is 14. The number of esters is 12. The molecule has 482 valence electrons. The molecule has 34 heteroatoms. The number of amides is 1. The molecule has 2 aromatic carbocycles. The van der Waals surface area contributed by atoms with Crippen molar-refractivity contribution < 1.29 is 137 Å². The van der Waals surface area contributed by atoms with Gasteiger partial charge in [0.25, 0.3) is 5.89 Å². The molecule has 34 nitrogen and oxygen atoms in total. The van der Waals surface area contributed by atoms with Crippen molar-refractivity contribution in [3.8, 4) is 23.1 Å². The number of fused-ring (bicyclic) bond motifs is 1. The van der Waals surface area contributed by atoms with E-state index in [1.807, 2.05) is 0 Å². The molecule has 0 N–H and O–H groups in total. The van der Waals surface area contributed by atoms with Crippen LogP contribution in [0.15, 0.2) is 51.4 Å². The van der Waals surface area contributed by atoms with Gasteiger partial charge in [0.15, 0.2) is 5.76 Å². The highest BCUT2D eigenvalue weighted by atomic mass is 16.7. The van der Waals surface area contributed by atoms with Crippen LogP contribution < -0.4 is 19.3 Å². The molecule has 1 aliphatic rings. The van der Waals surface area contributed by atoms with E-state index < -0.39 is 151 Å². The highest BCUT2D eigenvalue weighted by Crippen LogP contribution is 2.38. The lowest BCUT2D eigenvalue weighted by Gasteiger charge is -2.34. The molecule has 1 aliphatic heterocycles. The van der Waals surface area contributed by atoms with E-state index >= 15 is 0 Å². The smallest absolute Gasteiger partial charge is 0.378 e. The van der Waals surface area contributed by atoms with Crippen LogP contribution in [0.25, 0.3) is 22.6 Å². The molecule has 0 atom stereocenters. The number of rotatable bonds is 34. The quantitative estimate of drug-likeness (QED) is 0.0275. The van der Waals surface area contributed by atoms with Gasteiger partial charge in [0, 0.05) is 85.6 Å². The molecule has 1 saturated heterocycles. The summed E-state index contributed by atoms with van der Waals surface area (Å²) in [5.74, 6) is -11.2. The summed E-state index contributed by atoms with van der Waals surface area (Å²) in [6, 6.07) is 8.75. The number of anilines is 2. The van der Waals surface area contributed by atoms with Gasteiger partial charge >= 0.3 is 71.6 Å². The lowest BCUT2D eigenvalue weighted by molar-refractivity contribution is -0.168. The molecule has 2 aromatic heterocycles. The number of oxazole rings is 1. The molecule has 5 rings (SSSR count). The van der Waals surface area contributed by atoms with E-state index in [0.29, 0.717) is 18.7 Å². The van der Waals surface area contributed by atoms with Gasteiger partial charge in [-0.3, -0.25) is 62.4 Å². The van der Waals surface area contributed by atoms with E-state index in [-0.39, 0.29) is 90.5 Å². The SMILES string of the molecule is CC(=O)OCOC(=O)CN1CCN(C(=O)CCc2ccc(N(CC(=O)OCOC(C)=O)CC(=O)OCOC(C)=O)c(OCCOc3cc4cc(-c5ncc(C(=O)OCOC(C)=O)o5)oc4cc3N(CC(=O)OCOC(C)=O)CC(=O)OCOC(C)=O)c2)CC1. The highest BCUT2D eigenvalue weighted by Gasteiger charge is 2.28. The standard InChI is InChI=1S/C55H63N5O29/c1-33(61)76-27-82-49(68)22-57-11-13-58(14-12-57)48(67)10-8-39-7-9-41(59(23-50(69)83-28-77-34(2)62)24-51(70)84-29-78-35(3)63)44(17-39)74-15-16-75-45-18-40-19-46(54-56-21-47(89-54)55(73)87-32-81-38(6)66)88-43(40)20-42(45)60(25-52(71)85-30-79-36(4)64)26-53(72)86-31-80-37(5)65/h7,9,17-21H,8,10-16,22-32H2,1-6H3. The fourth-order valence-electron chi connectivity index (χ4n) is 7.58. The van der Waals surface area contributed by atoms with Crippen LogP contribution in [0.4, 0.5) is 11.4 Å². The van der Waals surface area contributed by atoms with Crippen LogP contribution in [0, 0.1) is 0 Å². The summed E-state index contributed by atoms with van der Waals surface area (Å²) in [6.07, 6.45) is 1.12. The van der Waals surface area contributed by atoms with Crippen molar-refractivity contribution in [2.45, 2.75) is 54.4 Å². The second-order valence-electron chi connectivity index (χ2n) is 18.4. The lowest BCUT2D eigenvalue weighted by atomic mass is 10.1. The molecule has 3 heterocycles. The van der Waals surface area contributed by atoms with Crippen LogP contribution in [0.1, 0.15) is 64.1 Å². The summed E-state index contributed by atoms with van der Waals surface area (Å²) in [7, 11) is 0. The number of benzene rings is 2. The second kappa shape index (κ2) is 35.2. The fourth-order valence-corrected chi connectivity index (χ4v) is 7.58. The molecule has 1 amide bonds. The van der Waals surface area contributed by atoms with E-state index in [1.54, 1.807) is 15.9 Å². The maximum absolute atomic E-state index is 13.6. The number of aromatic nitrogens is 1. The first-order valence-electron chi connectivity index (χ1n) is 26.6. The molecule has 89 heavy (non-hydrogen) atoms. The summed E-state index contributed by atoms with van der Waals surface area (Å²) in [5.41, 5.74) is 0.549. The maximum atomic E-state index is 13.6. The van der Waals surface area contributed by atoms with Gasteiger partial charge in [0.2, 0.25) is 52.4 Å². The fraction of sp³-hybridized carbons (Fsp3) is 0.455. The maximum Gasteiger partial charge on any atom is 0.378 e. The van der Waals surface area contributed by atoms with Crippen molar-refractivity contribution in [1.82, 2.24) is 14.8 Å². The molecule has 0 spiro atoms. The van der Waals surface area contributed by atoms with Crippen LogP contribution in [-0.2, 0) is 121 Å². The van der Waals surface area contributed by atoms with E-state index in [9.17, 15) is 62.3 Å². The number of carbonyl (C=O) groups excluding carboxylic acids is 13. The van der Waals surface area contributed by atoms with Crippen LogP contribution in [0.2, 0.25) is 0 Å². The Kier molecular flexibility index (Phi) is 27.4. The summed E-state index contributed by atoms with van der Waals surface area (Å²) in [6.45, 7) is -0.411. The number of nitrogens with zero attached hydrogens (tertiary/aromatic N) is 5. The molecule has 0 unspecified atom stereocenters. The Morgan fingerprint density at radius 1 is 0.483 bits per heavy atom. The average Bonchev–Trinajstić information content (AvgIpc) is 1.88. The number of hydrogen-bond donors (Lipinski definition) is 0. The van der Waals surface area contributed by atoms with Crippen molar-refractivity contribution in [3.05, 3.63) is 53.9 Å². The van der Waals surface area contributed by atoms with Gasteiger partial charge in [-0.2, -0.15) is 0 Å². The summed E-state index contributed by atoms with van der Waals surface area (Å²) in [5, 5.41) is 0.271. The number of aryl methyl sites for hydroxylation is 1. The van der Waals surface area contributed by atoms with Gasteiger partial charge in [-0.15, -0.1) is 0 Å². The van der Waals surface area contributed by atoms with Crippen molar-refractivity contribution in [2.75, 3.05) is 123 Å². The van der Waals surface area contributed by atoms with Crippen molar-refractivity contribution in [1.29, 1.82) is 0 Å². The molecular weight excluding hydrogens is 1190 g/mol. The van der Waals surface area contributed by atoms with Crippen LogP contribution in [0.3, 0.4) is 0 Å². The van der Waals surface area contributed by atoms with E-state index in [1.165, 1.54) is 42.2 Å². The van der Waals surface area contributed by atoms with E-state index in [0.717, 1.165) is 45.7 Å². The van der Waals surface area contributed by atoms with E-state index in [2.05, 4.69) is 14.5 Å². The van der Waals surface area contributed by atoms with Crippen LogP contribution in [-0.4, -0.2) is 205 Å². The molecule has 0 saturated carbocycles. The molecule has 0 aliphatic carbocycles. The predicted octanol–water partition coefficient (Wildman–Crippen LogP) is 1.23. The number of carbonyl (C=O) groups is 13. The first-order valence-corrected chi connectivity index (χ1v) is 26.6. The monoisotopic (exact) mass is 1260 g/mol. The van der Waals surface area contributed by atoms with Crippen LogP contribution in [0.5, 0.6) is 11.5 Å². The zero-order chi connectivity index (χ0) is 65.0. The predicted molar refractivity (Wildman–Crippen MR) is 291 cm³/mol. The number of hydrogen-bond acceptors (Lipinski definition) is 33. The van der Waals surface area contributed by atoms with E-state index in [4.69, 9.17) is 65.7 Å². The number of furan rings is 1. The summed E-state index contributed by atoms with van der Waals surface area (Å²) >= 11 is 0. The Balaban J connectivity index is 1.48. The van der Waals surface area contributed by atoms with Gasteiger partial charge < -0.3 is 89.9 Å². The Morgan fingerprint density at radius 2 is 0.921 bits per heavy atom. The second-order valence-corrected chi connectivity index (χ2v) is 18.4. The van der Waals surface area contributed by atoms with Gasteiger partial charge in [-0.05, 0) is 36.2 Å². The summed E-state index contributed by atoms with van der Waals surface area (Å²) < 4.78 is 82.5. The average molecular weight is 1260 g/mol. The minimum absolute atomic E-state index is 0.0169. The van der Waals surface area contributed by atoms with Gasteiger partial charge in [0.05, 0.1) is 24.1 Å². The van der Waals surface area contributed by atoms with Gasteiger partial charge in [0.1, 0.15) is 56.5 Å². The third-order valence-corrected chi connectivity index (χ3v) is 11.7.